The monoisotopic (exact) mass is 1470 g/mol. The van der Waals surface area contributed by atoms with Crippen LogP contribution in [0.5, 0.6) is 0 Å². The molecule has 0 radical (unpaired) electrons. The number of hydrogen-bond donors (Lipinski definition) is 0. The molecule has 0 fully saturated rings. The molecule has 0 saturated heterocycles. The predicted molar refractivity (Wildman–Crippen MR) is 341 cm³/mol. The molecule has 0 atom stereocenters. The van der Waals surface area contributed by atoms with E-state index >= 15 is 0 Å². The van der Waals surface area contributed by atoms with Crippen LogP contribution in [0.2, 0.25) is 0 Å². The molecule has 0 N–H and O–H groups in total. The van der Waals surface area contributed by atoms with Gasteiger partial charge in [0, 0.05) is 23.9 Å². The Morgan fingerprint density at radius 3 is 0.299 bits per heavy atom. The van der Waals surface area contributed by atoms with Crippen LogP contribution < -0.4 is 20.4 Å². The molecule has 0 amide bonds. The van der Waals surface area contributed by atoms with Crippen molar-refractivity contribution in [1.29, 1.82) is 0 Å². The fourth-order valence-electron chi connectivity index (χ4n) is 10.6. The van der Waals surface area contributed by atoms with Crippen LogP contribution >= 0.6 is 0 Å². The number of carboxylic acid groups (broad SMARTS) is 4. The van der Waals surface area contributed by atoms with E-state index in [2.05, 4.69) is 27.7 Å². The summed E-state index contributed by atoms with van der Waals surface area (Å²) in [6.07, 6.45) is 79.4. The molecule has 0 aliphatic heterocycles. The third-order valence-corrected chi connectivity index (χ3v) is 15.9. The molecule has 0 aromatic rings. The zero-order chi connectivity index (χ0) is 59.6. The minimum atomic E-state index is -0.903. The smallest absolute Gasteiger partial charge is 2.00 e. The molecule has 0 bridgehead atoms. The minimum Gasteiger partial charge on any atom is -2.00 e. The van der Waals surface area contributed by atoms with E-state index < -0.39 is 23.9 Å². The Balaban J connectivity index is -0.0000000958. The zero-order valence-electron chi connectivity index (χ0n) is 57.7. The van der Waals surface area contributed by atoms with E-state index in [1.165, 1.54) is 334 Å². The van der Waals surface area contributed by atoms with E-state index in [1.54, 1.807) is 0 Å². The molecule has 87 heavy (non-hydrogen) atoms. The Morgan fingerprint density at radius 1 is 0.161 bits per heavy atom. The fraction of sp³-hybridized carbons (Fsp3) is 0.944. The summed E-state index contributed by atoms with van der Waals surface area (Å²) in [6, 6.07) is 0. The summed E-state index contributed by atoms with van der Waals surface area (Å²) >= 11 is 0. The maximum absolute atomic E-state index is 10.2. The quantitative estimate of drug-likeness (QED) is 0.0527. The van der Waals surface area contributed by atoms with Gasteiger partial charge >= 0.3 is 78.6 Å². The van der Waals surface area contributed by atoms with Gasteiger partial charge in [-0.05, 0) is 51.4 Å². The van der Waals surface area contributed by atoms with Gasteiger partial charge in [0.15, 0.2) is 0 Å². The van der Waals surface area contributed by atoms with Gasteiger partial charge in [-0.3, -0.25) is 0 Å². The number of rotatable bonds is 64. The third-order valence-electron chi connectivity index (χ3n) is 15.9. The molecule has 512 valence electrons. The average molecular weight is 1470 g/mol. The van der Waals surface area contributed by atoms with Gasteiger partial charge in [0.25, 0.3) is 0 Å². The summed E-state index contributed by atoms with van der Waals surface area (Å²) < 4.78 is 0. The Morgan fingerprint density at radius 2 is 0.230 bits per heavy atom. The molecular weight excluding hydrogens is 1330 g/mol. The summed E-state index contributed by atoms with van der Waals surface area (Å²) in [7, 11) is 0. The molecule has 0 spiro atoms. The number of carbonyl (C=O) groups excluding carboxylic acids is 4. The normalized spacial score (nSPS) is 9.98. The van der Waals surface area contributed by atoms with E-state index in [-0.39, 0.29) is 126 Å². The van der Waals surface area contributed by atoms with Gasteiger partial charge in [-0.25, -0.2) is 0 Å². The van der Waals surface area contributed by atoms with Crippen molar-refractivity contribution in [2.75, 3.05) is 0 Å². The Bertz CT molecular complexity index is 1010. The molecule has 0 aliphatic rings. The number of carbonyl (C=O) groups is 4. The van der Waals surface area contributed by atoms with Crippen LogP contribution in [0.1, 0.15) is 439 Å². The average Bonchev–Trinajstić information content (AvgIpc) is 3.43. The van der Waals surface area contributed by atoms with Crippen molar-refractivity contribution in [1.82, 2.24) is 0 Å². The topological polar surface area (TPSA) is 275 Å². The SMILES string of the molecule is CCCCCCCCCCCCCCCCCC(=O)[O-].CCCCCCCCCCCCCCCCCC(=O)[O-].CCCCCCCCCCCCCCCCCC(=O)[O-].CCCCCCCCCCCCCCCCCC(=O)[O-].[O-2].[O-2].[O-2].[O-2].[Zr+4].[Zr+4].[Zr+4]. The van der Waals surface area contributed by atoms with Crippen molar-refractivity contribution in [3.05, 3.63) is 0 Å². The first kappa shape index (κ1) is 112. The van der Waals surface area contributed by atoms with Crippen molar-refractivity contribution >= 4 is 23.9 Å². The van der Waals surface area contributed by atoms with E-state index in [4.69, 9.17) is 0 Å². The minimum absolute atomic E-state index is 0. The second-order valence-corrected chi connectivity index (χ2v) is 24.3. The Hall–Kier alpha value is 0.369. The zero-order valence-corrected chi connectivity index (χ0v) is 65.0. The van der Waals surface area contributed by atoms with Gasteiger partial charge < -0.3 is 61.5 Å². The van der Waals surface area contributed by atoms with Crippen LogP contribution in [0.3, 0.4) is 0 Å². The number of unbranched alkanes of at least 4 members (excludes halogenated alkanes) is 56. The summed E-state index contributed by atoms with van der Waals surface area (Å²) in [4.78, 5) is 40.9. The summed E-state index contributed by atoms with van der Waals surface area (Å²) in [5.41, 5.74) is 0. The van der Waals surface area contributed by atoms with Crippen LogP contribution in [0.25, 0.3) is 0 Å². The van der Waals surface area contributed by atoms with E-state index in [0.717, 1.165) is 51.4 Å². The molecule has 0 aromatic heterocycles. The number of aliphatic carboxylic acids is 4. The van der Waals surface area contributed by atoms with Gasteiger partial charge in [0.2, 0.25) is 0 Å². The second kappa shape index (κ2) is 108. The largest absolute Gasteiger partial charge is 4.00 e. The second-order valence-electron chi connectivity index (χ2n) is 24.3. The van der Waals surface area contributed by atoms with Crippen molar-refractivity contribution in [3.63, 3.8) is 0 Å². The summed E-state index contributed by atoms with van der Waals surface area (Å²) in [5.74, 6) is -3.61. The van der Waals surface area contributed by atoms with E-state index in [9.17, 15) is 39.6 Å². The first-order chi connectivity index (χ1) is 39.1. The molecule has 0 heterocycles. The maximum Gasteiger partial charge on any atom is 4.00 e. The molecular formula is C72H140O12Zr3. The third kappa shape index (κ3) is 132. The van der Waals surface area contributed by atoms with E-state index in [1.807, 2.05) is 0 Å². The van der Waals surface area contributed by atoms with Crippen molar-refractivity contribution in [3.8, 4) is 0 Å². The van der Waals surface area contributed by atoms with Crippen molar-refractivity contribution in [2.45, 2.75) is 439 Å². The summed E-state index contributed by atoms with van der Waals surface area (Å²) in [6.45, 7) is 9.07. The first-order valence-corrected chi connectivity index (χ1v) is 35.9. The van der Waals surface area contributed by atoms with Crippen molar-refractivity contribution < 1.29 is 140 Å². The molecule has 0 unspecified atom stereocenters. The molecule has 0 aliphatic carbocycles. The molecule has 15 heteroatoms. The standard InChI is InChI=1S/4C18H36O2.4O.3Zr/c4*1-2-3-4-5-6-7-8-9-10-11-12-13-14-15-16-17-18(19)20;;;;;;;/h4*2-17H2,1H3,(H,19,20);;;;;;;/q;;;;4*-2;3*+4/p-4. The van der Waals surface area contributed by atoms with Gasteiger partial charge in [0.05, 0.1) is 0 Å². The summed E-state index contributed by atoms with van der Waals surface area (Å²) in [5, 5.41) is 40.9. The number of carboxylic acids is 4. The first-order valence-electron chi connectivity index (χ1n) is 35.9. The molecule has 0 aromatic carbocycles. The van der Waals surface area contributed by atoms with E-state index in [0.29, 0.717) is 0 Å². The van der Waals surface area contributed by atoms with Crippen LogP contribution in [0.15, 0.2) is 0 Å². The maximum atomic E-state index is 10.2. The van der Waals surface area contributed by atoms with Gasteiger partial charge in [0.1, 0.15) is 0 Å². The van der Waals surface area contributed by atoms with Crippen LogP contribution in [-0.2, 0) is 120 Å². The Kier molecular flexibility index (Phi) is 139. The van der Waals surface area contributed by atoms with Crippen LogP contribution in [0, 0.1) is 0 Å². The molecule has 12 nitrogen and oxygen atoms in total. The van der Waals surface area contributed by atoms with Gasteiger partial charge in [-0.1, -0.05) is 387 Å². The van der Waals surface area contributed by atoms with Crippen molar-refractivity contribution in [2.24, 2.45) is 0 Å². The molecule has 0 saturated carbocycles. The number of hydrogen-bond acceptors (Lipinski definition) is 8. The fourth-order valence-corrected chi connectivity index (χ4v) is 10.6. The van der Waals surface area contributed by atoms with Gasteiger partial charge in [-0.2, -0.15) is 0 Å². The predicted octanol–water partition coefficient (Wildman–Crippen LogP) is 19.5. The van der Waals surface area contributed by atoms with Gasteiger partial charge in [-0.15, -0.1) is 0 Å². The van der Waals surface area contributed by atoms with Crippen LogP contribution in [0.4, 0.5) is 0 Å². The molecule has 0 rings (SSSR count). The van der Waals surface area contributed by atoms with Crippen LogP contribution in [-0.4, -0.2) is 23.9 Å². The Labute approximate surface area is 597 Å².